The Labute approximate surface area is 161 Å². The number of hydrogen-bond acceptors (Lipinski definition) is 3. The molecule has 2 amide bonds. The summed E-state index contributed by atoms with van der Waals surface area (Å²) in [4.78, 5) is 18.7. The van der Waals surface area contributed by atoms with Crippen LogP contribution in [0.5, 0.6) is 0 Å². The molecule has 28 heavy (non-hydrogen) atoms. The summed E-state index contributed by atoms with van der Waals surface area (Å²) in [6, 6.07) is 10.4. The lowest BCUT2D eigenvalue weighted by Gasteiger charge is -2.17. The number of fused-ring (bicyclic) bond motifs is 1. The summed E-state index contributed by atoms with van der Waals surface area (Å²) in [5, 5.41) is 5.71. The monoisotopic (exact) mass is 382 g/mol. The second-order valence-corrected chi connectivity index (χ2v) is 6.94. The van der Waals surface area contributed by atoms with Crippen LogP contribution in [0.15, 0.2) is 42.5 Å². The molecule has 5 nitrogen and oxygen atoms in total. The van der Waals surface area contributed by atoms with Crippen LogP contribution in [0.1, 0.15) is 18.4 Å². The molecule has 1 aliphatic heterocycles. The Morgan fingerprint density at radius 2 is 1.68 bits per heavy atom. The molecule has 0 bridgehead atoms. The predicted molar refractivity (Wildman–Crippen MR) is 107 cm³/mol. The fourth-order valence-corrected chi connectivity index (χ4v) is 3.34. The molecule has 0 saturated carbocycles. The van der Waals surface area contributed by atoms with Crippen molar-refractivity contribution >= 4 is 34.1 Å². The molecule has 2 heterocycles. The van der Waals surface area contributed by atoms with Crippen molar-refractivity contribution in [3.05, 3.63) is 59.7 Å². The number of amides is 2. The van der Waals surface area contributed by atoms with Gasteiger partial charge in [-0.2, -0.15) is 0 Å². The molecule has 0 unspecified atom stereocenters. The van der Waals surface area contributed by atoms with Gasteiger partial charge in [-0.1, -0.05) is 6.07 Å². The Hall–Kier alpha value is -3.22. The van der Waals surface area contributed by atoms with Gasteiger partial charge in [0.05, 0.1) is 0 Å². The Morgan fingerprint density at radius 1 is 0.964 bits per heavy atom. The Balaban J connectivity index is 1.52. The van der Waals surface area contributed by atoms with E-state index in [4.69, 9.17) is 0 Å². The van der Waals surface area contributed by atoms with Gasteiger partial charge in [-0.3, -0.25) is 0 Å². The summed E-state index contributed by atoms with van der Waals surface area (Å²) < 4.78 is 28.2. The molecule has 3 aromatic rings. The third-order valence-corrected chi connectivity index (χ3v) is 4.85. The first-order valence-electron chi connectivity index (χ1n) is 9.19. The minimum absolute atomic E-state index is 0.274. The molecule has 144 valence electrons. The minimum Gasteiger partial charge on any atom is -0.357 e. The lowest BCUT2D eigenvalue weighted by atomic mass is 10.2. The number of rotatable bonds is 3. The highest BCUT2D eigenvalue weighted by atomic mass is 19.1. The molecule has 0 aliphatic carbocycles. The first-order chi connectivity index (χ1) is 13.5. The standard InChI is InChI=1S/C21H20F2N4O/c1-13-4-6-15(11-17(13)22)24-21(28)25-16-10-14-5-7-19(27-8-2-3-9-27)26-20(14)18(23)12-16/h4-7,10-12H,2-3,8-9H2,1H3,(H2,24,25,28). The number of aromatic nitrogens is 1. The van der Waals surface area contributed by atoms with Gasteiger partial charge < -0.3 is 15.5 Å². The van der Waals surface area contributed by atoms with Crippen molar-refractivity contribution in [2.45, 2.75) is 19.8 Å². The van der Waals surface area contributed by atoms with E-state index in [1.807, 2.05) is 6.07 Å². The molecule has 1 fully saturated rings. The van der Waals surface area contributed by atoms with Crippen LogP contribution in [0.25, 0.3) is 10.9 Å². The number of halogens is 2. The number of carbonyl (C=O) groups is 1. The third kappa shape index (κ3) is 3.74. The van der Waals surface area contributed by atoms with Crippen LogP contribution >= 0.6 is 0 Å². The van der Waals surface area contributed by atoms with Gasteiger partial charge in [0.15, 0.2) is 5.82 Å². The van der Waals surface area contributed by atoms with E-state index in [1.54, 1.807) is 31.2 Å². The quantitative estimate of drug-likeness (QED) is 0.665. The van der Waals surface area contributed by atoms with Crippen LogP contribution in [0, 0.1) is 18.6 Å². The smallest absolute Gasteiger partial charge is 0.323 e. The van der Waals surface area contributed by atoms with Gasteiger partial charge in [-0.25, -0.2) is 18.6 Å². The van der Waals surface area contributed by atoms with Gasteiger partial charge in [0.1, 0.15) is 17.2 Å². The third-order valence-electron chi connectivity index (χ3n) is 4.85. The molecule has 2 N–H and O–H groups in total. The molecular weight excluding hydrogens is 362 g/mol. The molecule has 0 radical (unpaired) electrons. The van der Waals surface area contributed by atoms with Crippen molar-refractivity contribution in [1.82, 2.24) is 4.98 Å². The van der Waals surface area contributed by atoms with Crippen molar-refractivity contribution in [2.75, 3.05) is 28.6 Å². The van der Waals surface area contributed by atoms with Gasteiger partial charge in [0, 0.05) is 29.9 Å². The SMILES string of the molecule is Cc1ccc(NC(=O)Nc2cc(F)c3nc(N4CCCC4)ccc3c2)cc1F. The van der Waals surface area contributed by atoms with E-state index in [-0.39, 0.29) is 5.52 Å². The summed E-state index contributed by atoms with van der Waals surface area (Å²) in [6.07, 6.45) is 2.23. The molecule has 1 saturated heterocycles. The Bertz CT molecular complexity index is 1050. The molecule has 1 aromatic heterocycles. The first kappa shape index (κ1) is 18.2. The topological polar surface area (TPSA) is 57.3 Å². The number of nitrogens with zero attached hydrogens (tertiary/aromatic N) is 2. The lowest BCUT2D eigenvalue weighted by molar-refractivity contribution is 0.262. The van der Waals surface area contributed by atoms with E-state index in [1.165, 1.54) is 12.1 Å². The first-order valence-corrected chi connectivity index (χ1v) is 9.19. The maximum atomic E-state index is 14.6. The highest BCUT2D eigenvalue weighted by Crippen LogP contribution is 2.26. The van der Waals surface area contributed by atoms with Crippen LogP contribution in [0.3, 0.4) is 0 Å². The number of pyridine rings is 1. The molecule has 1 aliphatic rings. The minimum atomic E-state index is -0.580. The Morgan fingerprint density at radius 3 is 2.43 bits per heavy atom. The number of carbonyl (C=O) groups excluding carboxylic acids is 1. The summed E-state index contributed by atoms with van der Waals surface area (Å²) in [6.45, 7) is 3.50. The van der Waals surface area contributed by atoms with Gasteiger partial charge >= 0.3 is 6.03 Å². The molecule has 4 rings (SSSR count). The number of aryl methyl sites for hydroxylation is 1. The van der Waals surface area contributed by atoms with Gasteiger partial charge in [0.2, 0.25) is 0 Å². The molecule has 2 aromatic carbocycles. The van der Waals surface area contributed by atoms with E-state index < -0.39 is 17.7 Å². The van der Waals surface area contributed by atoms with Gasteiger partial charge in [-0.15, -0.1) is 0 Å². The van der Waals surface area contributed by atoms with E-state index in [9.17, 15) is 13.6 Å². The van der Waals surface area contributed by atoms with E-state index in [0.717, 1.165) is 31.7 Å². The van der Waals surface area contributed by atoms with Crippen LogP contribution in [-0.2, 0) is 0 Å². The van der Waals surface area contributed by atoms with E-state index in [0.29, 0.717) is 22.3 Å². The van der Waals surface area contributed by atoms with Crippen molar-refractivity contribution in [2.24, 2.45) is 0 Å². The van der Waals surface area contributed by atoms with Gasteiger partial charge in [-0.05, 0) is 61.7 Å². The summed E-state index contributed by atoms with van der Waals surface area (Å²) in [5.41, 5.74) is 1.38. The molecule has 0 atom stereocenters. The van der Waals surface area contributed by atoms with E-state index >= 15 is 0 Å². The zero-order chi connectivity index (χ0) is 19.7. The van der Waals surface area contributed by atoms with E-state index in [2.05, 4.69) is 20.5 Å². The fraction of sp³-hybridized carbons (Fsp3) is 0.238. The van der Waals surface area contributed by atoms with Gasteiger partial charge in [0.25, 0.3) is 0 Å². The van der Waals surface area contributed by atoms with Crippen molar-refractivity contribution in [1.29, 1.82) is 0 Å². The zero-order valence-electron chi connectivity index (χ0n) is 15.4. The largest absolute Gasteiger partial charge is 0.357 e. The number of benzene rings is 2. The molecule has 0 spiro atoms. The summed E-state index contributed by atoms with van der Waals surface area (Å²) in [7, 11) is 0. The summed E-state index contributed by atoms with van der Waals surface area (Å²) in [5.74, 6) is -0.145. The van der Waals surface area contributed by atoms with Crippen LogP contribution < -0.4 is 15.5 Å². The highest BCUT2D eigenvalue weighted by molar-refractivity contribution is 6.01. The number of anilines is 3. The van der Waals surface area contributed by atoms with Crippen LogP contribution in [0.2, 0.25) is 0 Å². The highest BCUT2D eigenvalue weighted by Gasteiger charge is 2.15. The lowest BCUT2D eigenvalue weighted by Crippen LogP contribution is -2.20. The average molecular weight is 382 g/mol. The second-order valence-electron chi connectivity index (χ2n) is 6.94. The number of urea groups is 1. The summed E-state index contributed by atoms with van der Waals surface area (Å²) >= 11 is 0. The zero-order valence-corrected chi connectivity index (χ0v) is 15.4. The van der Waals surface area contributed by atoms with Crippen LogP contribution in [-0.4, -0.2) is 24.1 Å². The molecule has 7 heteroatoms. The van der Waals surface area contributed by atoms with Crippen molar-refractivity contribution in [3.8, 4) is 0 Å². The number of hydrogen-bond donors (Lipinski definition) is 2. The number of nitrogens with one attached hydrogen (secondary N) is 2. The Kier molecular flexibility index (Phi) is 4.81. The fourth-order valence-electron chi connectivity index (χ4n) is 3.34. The maximum absolute atomic E-state index is 14.6. The molecular formula is C21H20F2N4O. The van der Waals surface area contributed by atoms with Crippen molar-refractivity contribution in [3.63, 3.8) is 0 Å². The van der Waals surface area contributed by atoms with Crippen LogP contribution in [0.4, 0.5) is 30.8 Å². The van der Waals surface area contributed by atoms with Crippen molar-refractivity contribution < 1.29 is 13.6 Å². The second kappa shape index (κ2) is 7.42. The maximum Gasteiger partial charge on any atom is 0.323 e. The predicted octanol–water partition coefficient (Wildman–Crippen LogP) is 5.07. The normalized spacial score (nSPS) is 13.8. The average Bonchev–Trinajstić information content (AvgIpc) is 3.19.